The van der Waals surface area contributed by atoms with Crippen LogP contribution in [0.15, 0.2) is 30.4 Å². The summed E-state index contributed by atoms with van der Waals surface area (Å²) >= 11 is 6.58. The van der Waals surface area contributed by atoms with Crippen molar-refractivity contribution in [2.75, 3.05) is 26.2 Å². The van der Waals surface area contributed by atoms with Crippen LogP contribution in [0.2, 0.25) is 5.02 Å². The van der Waals surface area contributed by atoms with Crippen molar-refractivity contribution in [1.29, 1.82) is 0 Å². The normalized spacial score (nSPS) is 16.2. The fourth-order valence-corrected chi connectivity index (χ4v) is 3.99. The summed E-state index contributed by atoms with van der Waals surface area (Å²) < 4.78 is 0. The number of carbonyl (C=O) groups excluding carboxylic acids is 2. The van der Waals surface area contributed by atoms with E-state index in [1.165, 1.54) is 6.92 Å². The molecule has 1 heterocycles. The molecule has 0 bridgehead atoms. The number of halogens is 1. The maximum atomic E-state index is 13.0. The molecule has 2 rings (SSSR count). The second-order valence-electron chi connectivity index (χ2n) is 6.89. The zero-order chi connectivity index (χ0) is 20.7. The van der Waals surface area contributed by atoms with E-state index in [1.54, 1.807) is 6.07 Å². The fraction of sp³-hybridized carbons (Fsp3) is 0.524. The molecule has 154 valence electrons. The lowest BCUT2D eigenvalue weighted by molar-refractivity contribution is -0.259. The molecule has 7 heteroatoms. The molecule has 0 fully saturated rings. The van der Waals surface area contributed by atoms with Gasteiger partial charge in [0.15, 0.2) is 0 Å². The Morgan fingerprint density at radius 3 is 2.39 bits per heavy atom. The third-order valence-electron chi connectivity index (χ3n) is 5.11. The molecule has 2 unspecified atom stereocenters. The van der Waals surface area contributed by atoms with Gasteiger partial charge < -0.3 is 4.90 Å². The summed E-state index contributed by atoms with van der Waals surface area (Å²) in [6.07, 6.45) is 4.24. The van der Waals surface area contributed by atoms with Crippen LogP contribution >= 0.6 is 11.6 Å². The van der Waals surface area contributed by atoms with Gasteiger partial charge in [-0.3, -0.25) is 4.90 Å². The van der Waals surface area contributed by atoms with Crippen LogP contribution in [0.5, 0.6) is 0 Å². The molecule has 0 spiro atoms. The number of hydrogen-bond donors (Lipinski definition) is 0. The lowest BCUT2D eigenvalue weighted by Gasteiger charge is -2.33. The van der Waals surface area contributed by atoms with Gasteiger partial charge in [0.1, 0.15) is 5.92 Å². The summed E-state index contributed by atoms with van der Waals surface area (Å²) in [5, 5.41) is 0.508. The highest BCUT2D eigenvalue weighted by Crippen LogP contribution is 2.34. The Hall–Kier alpha value is -1.89. The summed E-state index contributed by atoms with van der Waals surface area (Å²) in [4.78, 5) is 37.9. The Labute approximate surface area is 172 Å². The van der Waals surface area contributed by atoms with Crippen LogP contribution in [0.1, 0.15) is 44.7 Å². The molecule has 0 amide bonds. The smallest absolute Gasteiger partial charge is 0.300 e. The molecule has 28 heavy (non-hydrogen) atoms. The number of rotatable bonds is 8. The number of carbonyl (C=O) groups is 2. The average molecular weight is 409 g/mol. The molecule has 1 aromatic rings. The van der Waals surface area contributed by atoms with E-state index in [2.05, 4.69) is 26.8 Å². The van der Waals surface area contributed by atoms with Crippen LogP contribution in [0.3, 0.4) is 0 Å². The Morgan fingerprint density at radius 1 is 1.18 bits per heavy atom. The second-order valence-corrected chi connectivity index (χ2v) is 7.30. The highest BCUT2D eigenvalue weighted by Gasteiger charge is 2.36. The Kier molecular flexibility index (Phi) is 8.48. The van der Waals surface area contributed by atoms with Crippen LogP contribution in [0.4, 0.5) is 0 Å². The number of benzene rings is 1. The highest BCUT2D eigenvalue weighted by atomic mass is 35.5. The quantitative estimate of drug-likeness (QED) is 0.372. The predicted octanol–water partition coefficient (Wildman–Crippen LogP) is 3.55. The Balaban J connectivity index is 2.43. The van der Waals surface area contributed by atoms with Crippen molar-refractivity contribution in [3.63, 3.8) is 0 Å². The summed E-state index contributed by atoms with van der Waals surface area (Å²) in [7, 11) is 0. The minimum Gasteiger partial charge on any atom is -0.300 e. The number of likely N-dealkylation sites (N-methyl/N-ethyl adjacent to an activating group) is 1. The van der Waals surface area contributed by atoms with E-state index in [4.69, 9.17) is 16.5 Å². The van der Waals surface area contributed by atoms with Gasteiger partial charge in [-0.05, 0) is 37.2 Å². The van der Waals surface area contributed by atoms with Crippen LogP contribution < -0.4 is 0 Å². The molecule has 1 aliphatic rings. The van der Waals surface area contributed by atoms with Crippen molar-refractivity contribution in [3.8, 4) is 0 Å². The lowest BCUT2D eigenvalue weighted by atomic mass is 9.87. The third-order valence-corrected chi connectivity index (χ3v) is 5.44. The van der Waals surface area contributed by atoms with E-state index in [9.17, 15) is 9.59 Å². The summed E-state index contributed by atoms with van der Waals surface area (Å²) in [6.45, 7) is 11.2. The van der Waals surface area contributed by atoms with E-state index in [-0.39, 0.29) is 6.04 Å². The van der Waals surface area contributed by atoms with Crippen molar-refractivity contribution in [1.82, 2.24) is 9.80 Å². The predicted molar refractivity (Wildman–Crippen MR) is 109 cm³/mol. The maximum absolute atomic E-state index is 13.0. The van der Waals surface area contributed by atoms with Gasteiger partial charge in [-0.1, -0.05) is 49.7 Å². The van der Waals surface area contributed by atoms with Crippen LogP contribution in [0, 0.1) is 0 Å². The molecular formula is C21H29ClN2O4. The molecule has 6 nitrogen and oxygen atoms in total. The Morgan fingerprint density at radius 2 is 1.82 bits per heavy atom. The zero-order valence-electron chi connectivity index (χ0n) is 17.0. The van der Waals surface area contributed by atoms with Crippen molar-refractivity contribution >= 4 is 23.5 Å². The largest absolute Gasteiger partial charge is 0.364 e. The number of hydrogen-bond acceptors (Lipinski definition) is 6. The van der Waals surface area contributed by atoms with Gasteiger partial charge >= 0.3 is 11.9 Å². The van der Waals surface area contributed by atoms with Gasteiger partial charge in [0.2, 0.25) is 0 Å². The van der Waals surface area contributed by atoms with E-state index in [0.29, 0.717) is 11.6 Å². The molecule has 1 aliphatic heterocycles. The zero-order valence-corrected chi connectivity index (χ0v) is 17.7. The van der Waals surface area contributed by atoms with Gasteiger partial charge in [0.05, 0.1) is 0 Å². The molecular weight excluding hydrogens is 380 g/mol. The van der Waals surface area contributed by atoms with Crippen molar-refractivity contribution in [2.24, 2.45) is 0 Å². The first-order chi connectivity index (χ1) is 13.4. The molecule has 0 aromatic heterocycles. The summed E-state index contributed by atoms with van der Waals surface area (Å²) in [5.74, 6) is -1.98. The minimum absolute atomic E-state index is 0.187. The molecule has 0 radical (unpaired) electrons. The fourth-order valence-electron chi connectivity index (χ4n) is 3.68. The number of nitrogens with zero attached hydrogens (tertiary/aromatic N) is 2. The van der Waals surface area contributed by atoms with E-state index < -0.39 is 17.9 Å². The average Bonchev–Trinajstić information content (AvgIpc) is 3.16. The first kappa shape index (κ1) is 22.4. The summed E-state index contributed by atoms with van der Waals surface area (Å²) in [6, 6.07) is 5.47. The molecule has 1 aromatic carbocycles. The first-order valence-electron chi connectivity index (χ1n) is 9.66. The summed E-state index contributed by atoms with van der Waals surface area (Å²) in [5.41, 5.74) is 1.70. The van der Waals surface area contributed by atoms with Gasteiger partial charge in [0.25, 0.3) is 0 Å². The lowest BCUT2D eigenvalue weighted by Crippen LogP contribution is -2.41. The SMILES string of the molecule is CCN(CC)C(C)C(C(=O)OOC(C)=O)c1c(Cl)cccc1CN1CC=CC1. The van der Waals surface area contributed by atoms with Gasteiger partial charge in [-0.15, -0.1) is 0 Å². The second kappa shape index (κ2) is 10.6. The molecule has 0 aliphatic carbocycles. The van der Waals surface area contributed by atoms with E-state index in [1.807, 2.05) is 32.9 Å². The molecule has 2 atom stereocenters. The van der Waals surface area contributed by atoms with Crippen LogP contribution in [-0.4, -0.2) is 54.0 Å². The van der Waals surface area contributed by atoms with Crippen LogP contribution in [0.25, 0.3) is 0 Å². The van der Waals surface area contributed by atoms with Gasteiger partial charge in [-0.25, -0.2) is 19.4 Å². The van der Waals surface area contributed by atoms with Gasteiger partial charge in [-0.2, -0.15) is 0 Å². The molecule has 0 saturated carbocycles. The topological polar surface area (TPSA) is 59.1 Å². The third kappa shape index (κ3) is 5.56. The molecule has 0 saturated heterocycles. The van der Waals surface area contributed by atoms with Crippen molar-refractivity contribution < 1.29 is 19.4 Å². The minimum atomic E-state index is -0.682. The highest BCUT2D eigenvalue weighted by molar-refractivity contribution is 6.31. The van der Waals surface area contributed by atoms with E-state index in [0.717, 1.165) is 37.3 Å². The van der Waals surface area contributed by atoms with Gasteiger partial charge in [0, 0.05) is 37.6 Å². The maximum Gasteiger partial charge on any atom is 0.364 e. The first-order valence-corrected chi connectivity index (χ1v) is 10.0. The monoisotopic (exact) mass is 408 g/mol. The Bertz CT molecular complexity index is 710. The van der Waals surface area contributed by atoms with Crippen molar-refractivity contribution in [3.05, 3.63) is 46.5 Å². The molecule has 0 N–H and O–H groups in total. The standard InChI is InChI=1S/C21H29ClN2O4/c1-5-24(6-2)15(3)19(21(26)28-27-16(4)25)20-17(10-9-11-18(20)22)14-23-12-7-8-13-23/h7-11,15,19H,5-6,12-14H2,1-4H3. The van der Waals surface area contributed by atoms with Crippen molar-refractivity contribution in [2.45, 2.75) is 46.2 Å². The van der Waals surface area contributed by atoms with Crippen LogP contribution in [-0.2, 0) is 25.9 Å². The van der Waals surface area contributed by atoms with E-state index >= 15 is 0 Å².